The monoisotopic (exact) mass is 391 g/mol. The van der Waals surface area contributed by atoms with Crippen LogP contribution >= 0.6 is 24.0 Å². The Morgan fingerprint density at radius 1 is 1.19 bits per heavy atom. The molecule has 1 aromatic heterocycles. The molecule has 0 radical (unpaired) electrons. The molecule has 8 heteroatoms. The first-order valence-corrected chi connectivity index (χ1v) is 9.68. The summed E-state index contributed by atoms with van der Waals surface area (Å²) in [5.74, 6) is 0.118. The molecule has 1 heterocycles. The highest BCUT2D eigenvalue weighted by Crippen LogP contribution is 2.27. The maximum Gasteiger partial charge on any atom is 0.248 e. The zero-order valence-electron chi connectivity index (χ0n) is 15.7. The van der Waals surface area contributed by atoms with Gasteiger partial charge in [0.2, 0.25) is 5.91 Å². The van der Waals surface area contributed by atoms with Crippen molar-refractivity contribution < 1.29 is 4.79 Å². The molecule has 3 N–H and O–H groups in total. The molecular formula is C18H25N5OS2. The number of nitrogens with one attached hydrogen (secondary N) is 3. The van der Waals surface area contributed by atoms with Gasteiger partial charge < -0.3 is 5.32 Å². The van der Waals surface area contributed by atoms with E-state index in [1.807, 2.05) is 69.6 Å². The quantitative estimate of drug-likeness (QED) is 0.423. The van der Waals surface area contributed by atoms with Gasteiger partial charge in [0.05, 0.1) is 27.7 Å². The molecule has 6 nitrogen and oxygen atoms in total. The van der Waals surface area contributed by atoms with Crippen LogP contribution in [0.3, 0.4) is 0 Å². The molecule has 0 aliphatic heterocycles. The van der Waals surface area contributed by atoms with Crippen LogP contribution in [0.5, 0.6) is 0 Å². The lowest BCUT2D eigenvalue weighted by Crippen LogP contribution is -2.52. The average molecular weight is 392 g/mol. The van der Waals surface area contributed by atoms with E-state index in [9.17, 15) is 4.79 Å². The van der Waals surface area contributed by atoms with Crippen molar-refractivity contribution in [3.8, 4) is 5.69 Å². The summed E-state index contributed by atoms with van der Waals surface area (Å²) in [6, 6.07) is 9.95. The molecular weight excluding hydrogens is 366 g/mol. The maximum atomic E-state index is 12.1. The Bertz CT molecular complexity index is 781. The minimum atomic E-state index is -0.163. The number of hydrogen-bond acceptors (Lipinski definition) is 4. The Labute approximate surface area is 164 Å². The molecule has 0 spiro atoms. The first kappa shape index (κ1) is 20.3. The van der Waals surface area contributed by atoms with E-state index in [2.05, 4.69) is 21.3 Å². The highest BCUT2D eigenvalue weighted by molar-refractivity contribution is 8.00. The summed E-state index contributed by atoms with van der Waals surface area (Å²) in [4.78, 5) is 13.1. The van der Waals surface area contributed by atoms with Gasteiger partial charge in [-0.3, -0.25) is 15.6 Å². The van der Waals surface area contributed by atoms with Gasteiger partial charge in [0.25, 0.3) is 0 Å². The second kappa shape index (κ2) is 8.55. The molecule has 2 rings (SSSR count). The number of hydrogen-bond donors (Lipinski definition) is 3. The third-order valence-corrected chi connectivity index (χ3v) is 4.87. The summed E-state index contributed by atoms with van der Waals surface area (Å²) in [6.07, 6.45) is 0. The van der Waals surface area contributed by atoms with E-state index >= 15 is 0 Å². The lowest BCUT2D eigenvalue weighted by Gasteiger charge is -2.23. The van der Waals surface area contributed by atoms with Crippen LogP contribution in [0.2, 0.25) is 0 Å². The first-order chi connectivity index (χ1) is 12.2. The zero-order chi connectivity index (χ0) is 19.3. The summed E-state index contributed by atoms with van der Waals surface area (Å²) >= 11 is 6.60. The predicted molar refractivity (Wildman–Crippen MR) is 111 cm³/mol. The van der Waals surface area contributed by atoms with E-state index in [-0.39, 0.29) is 17.2 Å². The average Bonchev–Trinajstić information content (AvgIpc) is 2.85. The summed E-state index contributed by atoms with van der Waals surface area (Å²) in [5.41, 5.74) is 8.10. The number of benzene rings is 1. The van der Waals surface area contributed by atoms with E-state index in [0.717, 1.165) is 22.0 Å². The van der Waals surface area contributed by atoms with Crippen LogP contribution in [0.15, 0.2) is 35.2 Å². The van der Waals surface area contributed by atoms with Crippen molar-refractivity contribution in [2.75, 3.05) is 5.75 Å². The molecule has 0 bridgehead atoms. The van der Waals surface area contributed by atoms with Crippen molar-refractivity contribution >= 4 is 35.0 Å². The molecule has 0 unspecified atom stereocenters. The van der Waals surface area contributed by atoms with Gasteiger partial charge in [0, 0.05) is 5.54 Å². The molecule has 0 atom stereocenters. The van der Waals surface area contributed by atoms with E-state index in [1.165, 1.54) is 11.8 Å². The molecule has 0 saturated heterocycles. The Balaban J connectivity index is 1.93. The van der Waals surface area contributed by atoms with Crippen LogP contribution in [0.4, 0.5) is 0 Å². The standard InChI is InChI=1S/C18H25N5OS2/c1-12-16(13(2)23(22-12)14-9-7-6-8-10-14)26-11-15(24)20-21-17(25)19-18(3,4)5/h6-10H,11H2,1-5H3,(H,20,24)(H2,19,21,25). The molecule has 0 saturated carbocycles. The molecule has 140 valence electrons. The third kappa shape index (κ3) is 5.74. The number of aryl methyl sites for hydroxylation is 1. The Hall–Kier alpha value is -2.06. The summed E-state index contributed by atoms with van der Waals surface area (Å²) in [5, 5.41) is 8.05. The number of carbonyl (C=O) groups excluding carboxylic acids is 1. The molecule has 1 aromatic carbocycles. The van der Waals surface area contributed by atoms with E-state index in [1.54, 1.807) is 0 Å². The summed E-state index contributed by atoms with van der Waals surface area (Å²) in [6.45, 7) is 9.94. The molecule has 26 heavy (non-hydrogen) atoms. The SMILES string of the molecule is Cc1nn(-c2ccccc2)c(C)c1SCC(=O)NNC(=S)NC(C)(C)C. The molecule has 0 aliphatic carbocycles. The summed E-state index contributed by atoms with van der Waals surface area (Å²) in [7, 11) is 0. The maximum absolute atomic E-state index is 12.1. The fourth-order valence-corrected chi connectivity index (χ4v) is 3.58. The van der Waals surface area contributed by atoms with Crippen LogP contribution in [-0.4, -0.2) is 32.1 Å². The number of para-hydroxylation sites is 1. The Morgan fingerprint density at radius 2 is 1.85 bits per heavy atom. The van der Waals surface area contributed by atoms with Crippen molar-refractivity contribution in [1.29, 1.82) is 0 Å². The van der Waals surface area contributed by atoms with E-state index < -0.39 is 0 Å². The topological polar surface area (TPSA) is 71.0 Å². The number of thiocarbonyl (C=S) groups is 1. The van der Waals surface area contributed by atoms with Gasteiger partial charge in [-0.25, -0.2) is 4.68 Å². The fraction of sp³-hybridized carbons (Fsp3) is 0.389. The van der Waals surface area contributed by atoms with Gasteiger partial charge in [0.1, 0.15) is 0 Å². The van der Waals surface area contributed by atoms with Crippen LogP contribution in [0.25, 0.3) is 5.69 Å². The summed E-state index contributed by atoms with van der Waals surface area (Å²) < 4.78 is 1.90. The Kier molecular flexibility index (Phi) is 6.66. The zero-order valence-corrected chi connectivity index (χ0v) is 17.3. The fourth-order valence-electron chi connectivity index (χ4n) is 2.33. The number of amides is 1. The minimum Gasteiger partial charge on any atom is -0.357 e. The van der Waals surface area contributed by atoms with E-state index in [4.69, 9.17) is 12.2 Å². The van der Waals surface area contributed by atoms with Crippen LogP contribution in [-0.2, 0) is 4.79 Å². The number of hydrazine groups is 1. The van der Waals surface area contributed by atoms with Gasteiger partial charge in [-0.2, -0.15) is 5.10 Å². The largest absolute Gasteiger partial charge is 0.357 e. The van der Waals surface area contributed by atoms with Crippen molar-refractivity contribution in [1.82, 2.24) is 25.9 Å². The first-order valence-electron chi connectivity index (χ1n) is 8.29. The number of carbonyl (C=O) groups is 1. The normalized spacial score (nSPS) is 11.1. The van der Waals surface area contributed by atoms with Gasteiger partial charge in [0.15, 0.2) is 5.11 Å². The van der Waals surface area contributed by atoms with Crippen molar-refractivity contribution in [3.63, 3.8) is 0 Å². The molecule has 0 aliphatic rings. The van der Waals surface area contributed by atoms with Crippen LogP contribution in [0.1, 0.15) is 32.2 Å². The third-order valence-electron chi connectivity index (χ3n) is 3.38. The molecule has 2 aromatic rings. The smallest absolute Gasteiger partial charge is 0.248 e. The molecule has 0 fully saturated rings. The second-order valence-corrected chi connectivity index (χ2v) is 8.31. The molecule has 1 amide bonds. The van der Waals surface area contributed by atoms with Crippen molar-refractivity contribution in [2.45, 2.75) is 45.1 Å². The van der Waals surface area contributed by atoms with Gasteiger partial charge >= 0.3 is 0 Å². The highest BCUT2D eigenvalue weighted by Gasteiger charge is 2.15. The number of thioether (sulfide) groups is 1. The number of rotatable bonds is 4. The van der Waals surface area contributed by atoms with Gasteiger partial charge in [-0.1, -0.05) is 18.2 Å². The second-order valence-electron chi connectivity index (χ2n) is 6.91. The van der Waals surface area contributed by atoms with E-state index in [0.29, 0.717) is 5.11 Å². The lowest BCUT2D eigenvalue weighted by atomic mass is 10.1. The van der Waals surface area contributed by atoms with Gasteiger partial charge in [-0.15, -0.1) is 11.8 Å². The minimum absolute atomic E-state index is 0.153. The van der Waals surface area contributed by atoms with Gasteiger partial charge in [-0.05, 0) is 59.0 Å². The highest BCUT2D eigenvalue weighted by atomic mass is 32.2. The lowest BCUT2D eigenvalue weighted by molar-refractivity contribution is -0.119. The van der Waals surface area contributed by atoms with Crippen molar-refractivity contribution in [2.24, 2.45) is 0 Å². The van der Waals surface area contributed by atoms with Crippen molar-refractivity contribution in [3.05, 3.63) is 41.7 Å². The number of nitrogens with zero attached hydrogens (tertiary/aromatic N) is 2. The number of aromatic nitrogens is 2. The van der Waals surface area contributed by atoms with Crippen LogP contribution in [0, 0.1) is 13.8 Å². The van der Waals surface area contributed by atoms with Crippen LogP contribution < -0.4 is 16.2 Å². The predicted octanol–water partition coefficient (Wildman–Crippen LogP) is 2.88. The Morgan fingerprint density at radius 3 is 2.46 bits per heavy atom.